The molecule has 0 saturated heterocycles. The molecule has 0 aliphatic rings. The molecule has 0 saturated carbocycles. The highest BCUT2D eigenvalue weighted by Gasteiger charge is 2.13. The summed E-state index contributed by atoms with van der Waals surface area (Å²) in [6.07, 6.45) is 0.784. The lowest BCUT2D eigenvalue weighted by Crippen LogP contribution is -2.14. The van der Waals surface area contributed by atoms with E-state index in [9.17, 15) is 4.79 Å². The van der Waals surface area contributed by atoms with Gasteiger partial charge < -0.3 is 4.74 Å². The molecule has 1 unspecified atom stereocenters. The Morgan fingerprint density at radius 1 is 1.53 bits per heavy atom. The Kier molecular flexibility index (Phi) is 4.21. The molecule has 15 heavy (non-hydrogen) atoms. The summed E-state index contributed by atoms with van der Waals surface area (Å²) >= 11 is 4.20. The van der Waals surface area contributed by atoms with Crippen molar-refractivity contribution in [1.82, 2.24) is 0 Å². The number of hydrogen-bond donors (Lipinski definition) is 1. The lowest BCUT2D eigenvalue weighted by atomic mass is 10.1. The molecule has 2 nitrogen and oxygen atoms in total. The van der Waals surface area contributed by atoms with E-state index in [2.05, 4.69) is 12.6 Å². The smallest absolute Gasteiger partial charge is 0.338 e. The first-order valence-electron chi connectivity index (χ1n) is 5.05. The van der Waals surface area contributed by atoms with Gasteiger partial charge >= 0.3 is 5.97 Å². The van der Waals surface area contributed by atoms with Gasteiger partial charge in [0, 0.05) is 4.90 Å². The van der Waals surface area contributed by atoms with E-state index in [0.29, 0.717) is 5.56 Å². The Bertz CT molecular complexity index is 361. The Hall–Kier alpha value is -0.960. The molecule has 1 aromatic rings. The second-order valence-corrected chi connectivity index (χ2v) is 4.14. The standard InChI is InChI=1S/C12H16O2S/c1-4-9(3)14-12(13)11-7-10(15)6-5-8(11)2/h5-7,9,15H,4H2,1-3H3. The summed E-state index contributed by atoms with van der Waals surface area (Å²) < 4.78 is 5.25. The minimum atomic E-state index is -0.266. The monoisotopic (exact) mass is 224 g/mol. The van der Waals surface area contributed by atoms with Crippen molar-refractivity contribution in [2.24, 2.45) is 0 Å². The molecule has 0 fully saturated rings. The molecule has 0 N–H and O–H groups in total. The third kappa shape index (κ3) is 3.27. The van der Waals surface area contributed by atoms with E-state index >= 15 is 0 Å². The number of rotatable bonds is 3. The molecule has 0 radical (unpaired) electrons. The highest BCUT2D eigenvalue weighted by atomic mass is 32.1. The van der Waals surface area contributed by atoms with Crippen LogP contribution in [-0.4, -0.2) is 12.1 Å². The van der Waals surface area contributed by atoms with Crippen molar-refractivity contribution < 1.29 is 9.53 Å². The fourth-order valence-corrected chi connectivity index (χ4v) is 1.36. The molecule has 1 aromatic carbocycles. The average Bonchev–Trinajstić information content (AvgIpc) is 2.21. The predicted octanol–water partition coefficient (Wildman–Crippen LogP) is 3.24. The van der Waals surface area contributed by atoms with Crippen LogP contribution >= 0.6 is 12.6 Å². The van der Waals surface area contributed by atoms with E-state index in [1.165, 1.54) is 0 Å². The van der Waals surface area contributed by atoms with Crippen molar-refractivity contribution >= 4 is 18.6 Å². The van der Waals surface area contributed by atoms with Crippen molar-refractivity contribution in [3.8, 4) is 0 Å². The second-order valence-electron chi connectivity index (χ2n) is 3.62. The number of carbonyl (C=O) groups excluding carboxylic acids is 1. The quantitative estimate of drug-likeness (QED) is 0.630. The molecule has 0 heterocycles. The summed E-state index contributed by atoms with van der Waals surface area (Å²) in [7, 11) is 0. The van der Waals surface area contributed by atoms with Crippen molar-refractivity contribution in [3.05, 3.63) is 29.3 Å². The van der Waals surface area contributed by atoms with E-state index in [-0.39, 0.29) is 12.1 Å². The zero-order chi connectivity index (χ0) is 11.4. The first-order chi connectivity index (χ1) is 7.04. The predicted molar refractivity (Wildman–Crippen MR) is 63.6 cm³/mol. The molecule has 0 aliphatic carbocycles. The maximum absolute atomic E-state index is 11.7. The van der Waals surface area contributed by atoms with Crippen LogP contribution in [0.3, 0.4) is 0 Å². The molecule has 0 aromatic heterocycles. The van der Waals surface area contributed by atoms with Crippen molar-refractivity contribution in [3.63, 3.8) is 0 Å². The Labute approximate surface area is 96.1 Å². The lowest BCUT2D eigenvalue weighted by molar-refractivity contribution is 0.0333. The number of benzene rings is 1. The minimum absolute atomic E-state index is 0.0412. The van der Waals surface area contributed by atoms with Crippen LogP contribution in [-0.2, 0) is 4.74 Å². The molecule has 1 atom stereocenters. The van der Waals surface area contributed by atoms with Gasteiger partial charge in [0.15, 0.2) is 0 Å². The maximum atomic E-state index is 11.7. The summed E-state index contributed by atoms with van der Waals surface area (Å²) in [5.74, 6) is -0.266. The summed E-state index contributed by atoms with van der Waals surface area (Å²) in [5.41, 5.74) is 1.52. The normalized spacial score (nSPS) is 12.3. The summed E-state index contributed by atoms with van der Waals surface area (Å²) in [4.78, 5) is 12.5. The third-order valence-electron chi connectivity index (χ3n) is 2.32. The summed E-state index contributed by atoms with van der Waals surface area (Å²) in [5, 5.41) is 0. The molecular formula is C12H16O2S. The molecule has 82 valence electrons. The number of hydrogen-bond acceptors (Lipinski definition) is 3. The van der Waals surface area contributed by atoms with Gasteiger partial charge in [0.1, 0.15) is 0 Å². The van der Waals surface area contributed by atoms with Gasteiger partial charge in [-0.2, -0.15) is 0 Å². The molecule has 0 spiro atoms. The van der Waals surface area contributed by atoms with Crippen LogP contribution in [0.25, 0.3) is 0 Å². The SMILES string of the molecule is CCC(C)OC(=O)c1cc(S)ccc1C. The fourth-order valence-electron chi connectivity index (χ4n) is 1.16. The van der Waals surface area contributed by atoms with Gasteiger partial charge in [-0.05, 0) is 38.0 Å². The fraction of sp³-hybridized carbons (Fsp3) is 0.417. The first-order valence-corrected chi connectivity index (χ1v) is 5.50. The van der Waals surface area contributed by atoms with Gasteiger partial charge in [0.05, 0.1) is 11.7 Å². The van der Waals surface area contributed by atoms with Crippen LogP contribution in [0.4, 0.5) is 0 Å². The van der Waals surface area contributed by atoms with E-state index < -0.39 is 0 Å². The summed E-state index contributed by atoms with van der Waals surface area (Å²) in [6, 6.07) is 5.47. The van der Waals surface area contributed by atoms with Crippen LogP contribution in [0.15, 0.2) is 23.1 Å². The van der Waals surface area contributed by atoms with Gasteiger partial charge in [-0.3, -0.25) is 0 Å². The van der Waals surface area contributed by atoms with Gasteiger partial charge in [0.25, 0.3) is 0 Å². The number of thiol groups is 1. The van der Waals surface area contributed by atoms with Crippen LogP contribution in [0.1, 0.15) is 36.2 Å². The van der Waals surface area contributed by atoms with E-state index in [1.807, 2.05) is 32.9 Å². The van der Waals surface area contributed by atoms with Gasteiger partial charge in [-0.25, -0.2) is 4.79 Å². The van der Waals surface area contributed by atoms with E-state index in [0.717, 1.165) is 16.9 Å². The van der Waals surface area contributed by atoms with E-state index in [1.54, 1.807) is 6.07 Å². The zero-order valence-electron chi connectivity index (χ0n) is 9.28. The van der Waals surface area contributed by atoms with Crippen LogP contribution in [0.5, 0.6) is 0 Å². The van der Waals surface area contributed by atoms with E-state index in [4.69, 9.17) is 4.74 Å². The molecular weight excluding hydrogens is 208 g/mol. The highest BCUT2D eigenvalue weighted by molar-refractivity contribution is 7.80. The average molecular weight is 224 g/mol. The Morgan fingerprint density at radius 2 is 2.20 bits per heavy atom. The Morgan fingerprint density at radius 3 is 2.80 bits per heavy atom. The number of carbonyl (C=O) groups is 1. The molecule has 0 amide bonds. The first kappa shape index (κ1) is 12.1. The molecule has 0 aliphatic heterocycles. The van der Waals surface area contributed by atoms with Crippen molar-refractivity contribution in [2.75, 3.05) is 0 Å². The van der Waals surface area contributed by atoms with Crippen molar-refractivity contribution in [1.29, 1.82) is 0 Å². The minimum Gasteiger partial charge on any atom is -0.459 e. The lowest BCUT2D eigenvalue weighted by Gasteiger charge is -2.12. The number of ether oxygens (including phenoxy) is 1. The topological polar surface area (TPSA) is 26.3 Å². The van der Waals surface area contributed by atoms with Crippen LogP contribution in [0, 0.1) is 6.92 Å². The van der Waals surface area contributed by atoms with Crippen LogP contribution < -0.4 is 0 Å². The number of aryl methyl sites for hydroxylation is 1. The zero-order valence-corrected chi connectivity index (χ0v) is 10.2. The molecule has 3 heteroatoms. The van der Waals surface area contributed by atoms with Gasteiger partial charge in [-0.1, -0.05) is 13.0 Å². The van der Waals surface area contributed by atoms with Crippen LogP contribution in [0.2, 0.25) is 0 Å². The van der Waals surface area contributed by atoms with Gasteiger partial charge in [0.2, 0.25) is 0 Å². The second kappa shape index (κ2) is 5.21. The molecule has 0 bridgehead atoms. The largest absolute Gasteiger partial charge is 0.459 e. The summed E-state index contributed by atoms with van der Waals surface area (Å²) in [6.45, 7) is 5.76. The molecule has 1 rings (SSSR count). The maximum Gasteiger partial charge on any atom is 0.338 e. The third-order valence-corrected chi connectivity index (χ3v) is 2.60. The highest BCUT2D eigenvalue weighted by Crippen LogP contribution is 2.16. The number of esters is 1. The van der Waals surface area contributed by atoms with Crippen molar-refractivity contribution in [2.45, 2.75) is 38.2 Å². The Balaban J connectivity index is 2.86. The van der Waals surface area contributed by atoms with Gasteiger partial charge in [-0.15, -0.1) is 12.6 Å².